The SMILES string of the molecule is CC(C)Sc1ncccc1Cl. The second kappa shape index (κ2) is 3.98. The van der Waals surface area contributed by atoms with Crippen molar-refractivity contribution in [3.8, 4) is 0 Å². The van der Waals surface area contributed by atoms with E-state index in [1.807, 2.05) is 12.1 Å². The smallest absolute Gasteiger partial charge is 0.115 e. The van der Waals surface area contributed by atoms with Crippen molar-refractivity contribution < 1.29 is 0 Å². The number of nitrogens with zero attached hydrogens (tertiary/aromatic N) is 1. The molecule has 0 aromatic carbocycles. The third-order valence-electron chi connectivity index (χ3n) is 1.07. The summed E-state index contributed by atoms with van der Waals surface area (Å²) >= 11 is 7.57. The Bertz CT molecular complexity index is 237. The molecule has 11 heavy (non-hydrogen) atoms. The summed E-state index contributed by atoms with van der Waals surface area (Å²) in [5.74, 6) is 0. The van der Waals surface area contributed by atoms with Gasteiger partial charge in [0.25, 0.3) is 0 Å². The van der Waals surface area contributed by atoms with Crippen LogP contribution in [0.4, 0.5) is 0 Å². The normalized spacial score (nSPS) is 10.5. The molecule has 0 amide bonds. The molecule has 1 aromatic rings. The minimum atomic E-state index is 0.530. The first-order chi connectivity index (χ1) is 5.20. The molecule has 0 bridgehead atoms. The summed E-state index contributed by atoms with van der Waals surface area (Å²) in [6.07, 6.45) is 1.76. The summed E-state index contributed by atoms with van der Waals surface area (Å²) in [5.41, 5.74) is 0. The van der Waals surface area contributed by atoms with Crippen LogP contribution in [0.15, 0.2) is 23.4 Å². The molecule has 0 radical (unpaired) electrons. The lowest BCUT2D eigenvalue weighted by atomic mass is 10.5. The molecule has 0 aliphatic rings. The predicted molar refractivity (Wildman–Crippen MR) is 50.2 cm³/mol. The molecule has 0 aliphatic carbocycles. The molecule has 0 spiro atoms. The molecular weight excluding hydrogens is 178 g/mol. The van der Waals surface area contributed by atoms with Crippen LogP contribution in [0.1, 0.15) is 13.8 Å². The molecule has 1 nitrogen and oxygen atoms in total. The Hall–Kier alpha value is -0.210. The second-order valence-corrected chi connectivity index (χ2v) is 4.43. The van der Waals surface area contributed by atoms with Gasteiger partial charge < -0.3 is 0 Å². The Morgan fingerprint density at radius 2 is 2.27 bits per heavy atom. The van der Waals surface area contributed by atoms with Gasteiger partial charge in [-0.05, 0) is 12.1 Å². The molecule has 0 atom stereocenters. The Kier molecular flexibility index (Phi) is 3.21. The highest BCUT2D eigenvalue weighted by Crippen LogP contribution is 2.26. The number of pyridine rings is 1. The summed E-state index contributed by atoms with van der Waals surface area (Å²) in [5, 5.41) is 2.19. The van der Waals surface area contributed by atoms with Crippen LogP contribution in [0.25, 0.3) is 0 Å². The minimum Gasteiger partial charge on any atom is -0.248 e. The van der Waals surface area contributed by atoms with Crippen LogP contribution in [0.3, 0.4) is 0 Å². The number of rotatable bonds is 2. The maximum atomic E-state index is 5.88. The van der Waals surface area contributed by atoms with Gasteiger partial charge in [-0.1, -0.05) is 25.4 Å². The Labute approximate surface area is 76.2 Å². The Morgan fingerprint density at radius 3 is 2.82 bits per heavy atom. The van der Waals surface area contributed by atoms with E-state index in [1.165, 1.54) is 0 Å². The zero-order valence-corrected chi connectivity index (χ0v) is 8.12. The van der Waals surface area contributed by atoms with Crippen molar-refractivity contribution in [3.63, 3.8) is 0 Å². The van der Waals surface area contributed by atoms with E-state index in [1.54, 1.807) is 18.0 Å². The summed E-state index contributed by atoms with van der Waals surface area (Å²) in [6, 6.07) is 3.70. The van der Waals surface area contributed by atoms with Crippen molar-refractivity contribution in [2.75, 3.05) is 0 Å². The van der Waals surface area contributed by atoms with E-state index in [-0.39, 0.29) is 0 Å². The third-order valence-corrected chi connectivity index (χ3v) is 2.51. The molecule has 1 heterocycles. The topological polar surface area (TPSA) is 12.9 Å². The lowest BCUT2D eigenvalue weighted by Gasteiger charge is -2.03. The van der Waals surface area contributed by atoms with Crippen molar-refractivity contribution in [2.24, 2.45) is 0 Å². The first-order valence-electron chi connectivity index (χ1n) is 3.47. The van der Waals surface area contributed by atoms with Crippen LogP contribution in [-0.4, -0.2) is 10.2 Å². The van der Waals surface area contributed by atoms with Crippen molar-refractivity contribution >= 4 is 23.4 Å². The molecule has 0 fully saturated rings. The van der Waals surface area contributed by atoms with Gasteiger partial charge in [-0.2, -0.15) is 0 Å². The van der Waals surface area contributed by atoms with Crippen LogP contribution in [0, 0.1) is 0 Å². The van der Waals surface area contributed by atoms with E-state index in [0.717, 1.165) is 10.0 Å². The van der Waals surface area contributed by atoms with E-state index in [2.05, 4.69) is 18.8 Å². The highest BCUT2D eigenvalue weighted by molar-refractivity contribution is 7.99. The average Bonchev–Trinajstić information content (AvgIpc) is 1.93. The first kappa shape index (κ1) is 8.88. The Morgan fingerprint density at radius 1 is 1.55 bits per heavy atom. The van der Waals surface area contributed by atoms with Crippen LogP contribution in [-0.2, 0) is 0 Å². The number of aromatic nitrogens is 1. The quantitative estimate of drug-likeness (QED) is 0.660. The zero-order chi connectivity index (χ0) is 8.27. The minimum absolute atomic E-state index is 0.530. The van der Waals surface area contributed by atoms with Gasteiger partial charge in [-0.3, -0.25) is 0 Å². The Balaban J connectivity index is 2.78. The summed E-state index contributed by atoms with van der Waals surface area (Å²) in [6.45, 7) is 4.24. The van der Waals surface area contributed by atoms with E-state index < -0.39 is 0 Å². The summed E-state index contributed by atoms with van der Waals surface area (Å²) < 4.78 is 0. The first-order valence-corrected chi connectivity index (χ1v) is 4.73. The van der Waals surface area contributed by atoms with Crippen molar-refractivity contribution in [1.82, 2.24) is 4.98 Å². The molecule has 0 unspecified atom stereocenters. The van der Waals surface area contributed by atoms with Crippen molar-refractivity contribution in [1.29, 1.82) is 0 Å². The highest BCUT2D eigenvalue weighted by Gasteiger charge is 2.02. The van der Waals surface area contributed by atoms with Crippen LogP contribution >= 0.6 is 23.4 Å². The molecule has 0 saturated carbocycles. The van der Waals surface area contributed by atoms with E-state index in [4.69, 9.17) is 11.6 Å². The van der Waals surface area contributed by atoms with Gasteiger partial charge in [0.1, 0.15) is 5.03 Å². The van der Waals surface area contributed by atoms with Crippen LogP contribution in [0.2, 0.25) is 5.02 Å². The fourth-order valence-corrected chi connectivity index (χ4v) is 1.69. The second-order valence-electron chi connectivity index (χ2n) is 2.46. The third kappa shape index (κ3) is 2.72. The van der Waals surface area contributed by atoms with Gasteiger partial charge in [0.15, 0.2) is 0 Å². The number of hydrogen-bond donors (Lipinski definition) is 0. The van der Waals surface area contributed by atoms with Gasteiger partial charge in [0.05, 0.1) is 5.02 Å². The standard InChI is InChI=1S/C8H10ClNS/c1-6(2)11-8-7(9)4-3-5-10-8/h3-6H,1-2H3. The number of hydrogen-bond acceptors (Lipinski definition) is 2. The average molecular weight is 188 g/mol. The molecule has 0 aliphatic heterocycles. The fraction of sp³-hybridized carbons (Fsp3) is 0.375. The van der Waals surface area contributed by atoms with Gasteiger partial charge in [0.2, 0.25) is 0 Å². The molecule has 3 heteroatoms. The van der Waals surface area contributed by atoms with Crippen molar-refractivity contribution in [3.05, 3.63) is 23.4 Å². The molecule has 1 rings (SSSR count). The maximum Gasteiger partial charge on any atom is 0.115 e. The monoisotopic (exact) mass is 187 g/mol. The fourth-order valence-electron chi connectivity index (χ4n) is 0.681. The molecule has 60 valence electrons. The van der Waals surface area contributed by atoms with E-state index in [9.17, 15) is 0 Å². The number of thioether (sulfide) groups is 1. The molecule has 0 saturated heterocycles. The largest absolute Gasteiger partial charge is 0.248 e. The molecular formula is C8H10ClNS. The zero-order valence-electron chi connectivity index (χ0n) is 6.54. The molecule has 1 aromatic heterocycles. The van der Waals surface area contributed by atoms with Crippen LogP contribution in [0.5, 0.6) is 0 Å². The van der Waals surface area contributed by atoms with E-state index >= 15 is 0 Å². The lowest BCUT2D eigenvalue weighted by molar-refractivity contribution is 1.07. The maximum absolute atomic E-state index is 5.88. The van der Waals surface area contributed by atoms with E-state index in [0.29, 0.717) is 5.25 Å². The summed E-state index contributed by atoms with van der Waals surface area (Å²) in [4.78, 5) is 4.15. The lowest BCUT2D eigenvalue weighted by Crippen LogP contribution is -1.88. The molecule has 0 N–H and O–H groups in total. The van der Waals surface area contributed by atoms with Gasteiger partial charge in [-0.25, -0.2) is 4.98 Å². The number of halogens is 1. The highest BCUT2D eigenvalue weighted by atomic mass is 35.5. The van der Waals surface area contributed by atoms with Gasteiger partial charge in [-0.15, -0.1) is 11.8 Å². The van der Waals surface area contributed by atoms with Crippen molar-refractivity contribution in [2.45, 2.75) is 24.1 Å². The summed E-state index contributed by atoms with van der Waals surface area (Å²) in [7, 11) is 0. The predicted octanol–water partition coefficient (Wildman–Crippen LogP) is 3.24. The van der Waals surface area contributed by atoms with Crippen LogP contribution < -0.4 is 0 Å². The van der Waals surface area contributed by atoms with Gasteiger partial charge in [0, 0.05) is 11.4 Å². The van der Waals surface area contributed by atoms with Gasteiger partial charge >= 0.3 is 0 Å².